The zero-order valence-corrected chi connectivity index (χ0v) is 5.49. The Hall–Kier alpha value is -1.52. The summed E-state index contributed by atoms with van der Waals surface area (Å²) in [5.41, 5.74) is 6.97. The van der Waals surface area contributed by atoms with Crippen LogP contribution in [0.3, 0.4) is 0 Å². The van der Waals surface area contributed by atoms with Crippen molar-refractivity contribution in [1.82, 2.24) is 5.48 Å². The summed E-state index contributed by atoms with van der Waals surface area (Å²) in [4.78, 5) is 24.8. The second-order valence-corrected chi connectivity index (χ2v) is 1.85. The normalized spacial score (nSPS) is 22.2. The first-order chi connectivity index (χ1) is 5.24. The summed E-state index contributed by atoms with van der Waals surface area (Å²) in [6.45, 7) is 0.0769. The van der Waals surface area contributed by atoms with Crippen LogP contribution < -0.4 is 11.2 Å². The molecule has 1 aliphatic heterocycles. The summed E-state index contributed by atoms with van der Waals surface area (Å²) in [6.07, 6.45) is -1.69. The van der Waals surface area contributed by atoms with Crippen molar-refractivity contribution >= 4 is 12.0 Å². The van der Waals surface area contributed by atoms with Gasteiger partial charge in [-0.2, -0.15) is 0 Å². The van der Waals surface area contributed by atoms with E-state index < -0.39 is 12.2 Å². The monoisotopic (exact) mass is 158 g/mol. The van der Waals surface area contributed by atoms with Crippen molar-refractivity contribution in [3.63, 3.8) is 0 Å². The molecule has 1 amide bonds. The minimum Gasteiger partial charge on any atom is -0.436 e. The third kappa shape index (κ3) is 1.70. The summed E-state index contributed by atoms with van der Waals surface area (Å²) in [5.74, 6) is 1.52. The van der Waals surface area contributed by atoms with E-state index in [1.54, 1.807) is 0 Å². The van der Waals surface area contributed by atoms with Crippen molar-refractivity contribution in [2.75, 3.05) is 6.61 Å². The summed E-state index contributed by atoms with van der Waals surface area (Å²) in [7, 11) is 0. The number of primary amides is 1. The Morgan fingerprint density at radius 3 is 3.18 bits per heavy atom. The van der Waals surface area contributed by atoms with Gasteiger partial charge in [0.05, 0.1) is 0 Å². The number of carbonyl (C=O) groups is 1. The van der Waals surface area contributed by atoms with Gasteiger partial charge in [-0.1, -0.05) is 0 Å². The molecule has 11 heavy (non-hydrogen) atoms. The molecule has 0 saturated carbocycles. The number of rotatable bonds is 1. The maximum atomic E-state index is 10.2. The molecule has 1 aliphatic rings. The van der Waals surface area contributed by atoms with Crippen LogP contribution in [0.5, 0.6) is 0 Å². The van der Waals surface area contributed by atoms with Crippen LogP contribution in [-0.2, 0) is 14.4 Å². The van der Waals surface area contributed by atoms with Gasteiger partial charge in [0.25, 0.3) is 0 Å². The molecule has 1 atom stereocenters. The Labute approximate surface area is 61.9 Å². The van der Waals surface area contributed by atoms with Gasteiger partial charge < -0.3 is 10.5 Å². The molecular weight excluding hydrogens is 152 g/mol. The highest BCUT2D eigenvalue weighted by atomic mass is 16.7. The lowest BCUT2D eigenvalue weighted by Crippen LogP contribution is -2.25. The first-order valence-corrected chi connectivity index (χ1v) is 2.83. The van der Waals surface area contributed by atoms with Crippen LogP contribution >= 0.6 is 0 Å². The fourth-order valence-corrected chi connectivity index (χ4v) is 0.664. The predicted octanol–water partition coefficient (Wildman–Crippen LogP) is -1.30. The van der Waals surface area contributed by atoms with Crippen LogP contribution in [0.2, 0.25) is 0 Å². The molecule has 0 radical (unpaired) electrons. The molecule has 6 heteroatoms. The molecular formula is C5H6N2O4. The molecule has 0 unspecified atom stereocenters. The fourth-order valence-electron chi connectivity index (χ4n) is 0.664. The summed E-state index contributed by atoms with van der Waals surface area (Å²) >= 11 is 0. The van der Waals surface area contributed by atoms with Crippen LogP contribution in [0.4, 0.5) is 4.79 Å². The van der Waals surface area contributed by atoms with Gasteiger partial charge in [0.2, 0.25) is 0 Å². The number of nitrogens with two attached hydrogens (primary N) is 1. The molecule has 6 nitrogen and oxygen atoms in total. The molecule has 3 N–H and O–H groups in total. The van der Waals surface area contributed by atoms with Crippen molar-refractivity contribution in [3.8, 4) is 0 Å². The maximum absolute atomic E-state index is 10.2. The molecule has 0 aliphatic carbocycles. The summed E-state index contributed by atoms with van der Waals surface area (Å²) in [6, 6.07) is 0. The molecule has 0 bridgehead atoms. The number of nitrogens with one attached hydrogen (secondary N) is 1. The highest BCUT2D eigenvalue weighted by molar-refractivity contribution is 5.66. The molecule has 0 aromatic carbocycles. The van der Waals surface area contributed by atoms with E-state index >= 15 is 0 Å². The zero-order valence-electron chi connectivity index (χ0n) is 5.49. The second-order valence-electron chi connectivity index (χ2n) is 1.85. The lowest BCUT2D eigenvalue weighted by molar-refractivity contribution is 0.0678. The standard InChI is InChI=1S/C5H6N2O4/c6-5(9)11-4-2-10-7-3(4)1-8/h4,7H,2H2,(H2,6,9)/t4-/m0/s1. The zero-order chi connectivity index (χ0) is 8.27. The van der Waals surface area contributed by atoms with Gasteiger partial charge >= 0.3 is 6.09 Å². The molecule has 0 aromatic rings. The summed E-state index contributed by atoms with van der Waals surface area (Å²) < 4.78 is 4.47. The third-order valence-electron chi connectivity index (χ3n) is 1.11. The Bertz CT molecular complexity index is 221. The molecule has 1 heterocycles. The molecule has 1 fully saturated rings. The minimum atomic E-state index is -0.949. The van der Waals surface area contributed by atoms with Gasteiger partial charge in [-0.3, -0.25) is 10.3 Å². The van der Waals surface area contributed by atoms with E-state index in [-0.39, 0.29) is 12.3 Å². The predicted molar refractivity (Wildman–Crippen MR) is 32.8 cm³/mol. The van der Waals surface area contributed by atoms with Crippen molar-refractivity contribution in [3.05, 3.63) is 5.70 Å². The van der Waals surface area contributed by atoms with E-state index in [2.05, 4.69) is 15.1 Å². The maximum Gasteiger partial charge on any atom is 0.405 e. The molecule has 0 aromatic heterocycles. The van der Waals surface area contributed by atoms with E-state index in [0.29, 0.717) is 0 Å². The number of hydrogen-bond donors (Lipinski definition) is 2. The molecule has 0 spiro atoms. The first-order valence-electron chi connectivity index (χ1n) is 2.83. The topological polar surface area (TPSA) is 90.7 Å². The van der Waals surface area contributed by atoms with Crippen molar-refractivity contribution in [2.24, 2.45) is 5.73 Å². The molecule has 1 saturated heterocycles. The van der Waals surface area contributed by atoms with E-state index in [0.717, 1.165) is 0 Å². The van der Waals surface area contributed by atoms with Crippen molar-refractivity contribution in [2.45, 2.75) is 6.10 Å². The Balaban J connectivity index is 2.58. The van der Waals surface area contributed by atoms with Gasteiger partial charge in [-0.15, -0.1) is 0 Å². The lowest BCUT2D eigenvalue weighted by Gasteiger charge is -2.04. The van der Waals surface area contributed by atoms with Gasteiger partial charge in [0, 0.05) is 0 Å². The smallest absolute Gasteiger partial charge is 0.405 e. The van der Waals surface area contributed by atoms with Gasteiger partial charge in [-0.25, -0.2) is 9.59 Å². The Morgan fingerprint density at radius 2 is 2.64 bits per heavy atom. The van der Waals surface area contributed by atoms with Crippen LogP contribution in [-0.4, -0.2) is 24.7 Å². The Kier molecular flexibility index (Phi) is 2.10. The van der Waals surface area contributed by atoms with E-state index in [4.69, 9.17) is 5.73 Å². The van der Waals surface area contributed by atoms with E-state index in [1.807, 2.05) is 0 Å². The van der Waals surface area contributed by atoms with Crippen molar-refractivity contribution < 1.29 is 19.2 Å². The fraction of sp³-hybridized carbons (Fsp3) is 0.400. The van der Waals surface area contributed by atoms with Gasteiger partial charge in [0.15, 0.2) is 17.7 Å². The lowest BCUT2D eigenvalue weighted by atomic mass is 10.3. The largest absolute Gasteiger partial charge is 0.436 e. The van der Waals surface area contributed by atoms with E-state index in [9.17, 15) is 9.59 Å². The number of carbonyl (C=O) groups excluding carboxylic acids is 2. The van der Waals surface area contributed by atoms with Crippen LogP contribution in [0, 0.1) is 0 Å². The quantitative estimate of drug-likeness (QED) is 0.463. The summed E-state index contributed by atoms with van der Waals surface area (Å²) in [5, 5.41) is 0. The number of hydrogen-bond acceptors (Lipinski definition) is 5. The highest BCUT2D eigenvalue weighted by Gasteiger charge is 2.25. The van der Waals surface area contributed by atoms with E-state index in [1.165, 1.54) is 5.94 Å². The average molecular weight is 158 g/mol. The number of amides is 1. The molecule has 60 valence electrons. The number of hydroxylamine groups is 1. The number of ether oxygens (including phenoxy) is 1. The second kappa shape index (κ2) is 3.05. The first kappa shape index (κ1) is 7.59. The van der Waals surface area contributed by atoms with Crippen molar-refractivity contribution in [1.29, 1.82) is 0 Å². The van der Waals surface area contributed by atoms with Crippen LogP contribution in [0.25, 0.3) is 0 Å². The Morgan fingerprint density at radius 1 is 1.91 bits per heavy atom. The van der Waals surface area contributed by atoms with Crippen LogP contribution in [0.15, 0.2) is 5.70 Å². The highest BCUT2D eigenvalue weighted by Crippen LogP contribution is 2.07. The van der Waals surface area contributed by atoms with Gasteiger partial charge in [-0.05, 0) is 0 Å². The third-order valence-corrected chi connectivity index (χ3v) is 1.11. The van der Waals surface area contributed by atoms with Crippen LogP contribution in [0.1, 0.15) is 0 Å². The SMILES string of the molecule is NC(=O)O[C@H]1CONC1=C=O. The minimum absolute atomic E-state index is 0.0452. The average Bonchev–Trinajstić information content (AvgIpc) is 2.34. The molecule has 1 rings (SSSR count). The van der Waals surface area contributed by atoms with Gasteiger partial charge in [0.1, 0.15) is 6.61 Å².